The first-order valence-corrected chi connectivity index (χ1v) is 9.80. The number of rotatable bonds is 5. The average Bonchev–Trinajstić information content (AvgIpc) is 2.77. The van der Waals surface area contributed by atoms with E-state index < -0.39 is 0 Å². The van der Waals surface area contributed by atoms with Crippen molar-refractivity contribution in [2.24, 2.45) is 0 Å². The van der Waals surface area contributed by atoms with Crippen molar-refractivity contribution in [2.45, 2.75) is 20.4 Å². The molecule has 4 rings (SSSR count). The maximum absolute atomic E-state index is 13.2. The van der Waals surface area contributed by atoms with E-state index in [2.05, 4.69) is 11.6 Å². The van der Waals surface area contributed by atoms with E-state index in [0.717, 1.165) is 28.0 Å². The highest BCUT2D eigenvalue weighted by Crippen LogP contribution is 2.17. The van der Waals surface area contributed by atoms with Crippen LogP contribution >= 0.6 is 0 Å². The molecule has 2 aromatic heterocycles. The summed E-state index contributed by atoms with van der Waals surface area (Å²) in [7, 11) is 0. The second-order valence-corrected chi connectivity index (χ2v) is 7.40. The standard InChI is InChI=1S/C26H22N2O2/c1-4-20-8-7-9-21(27-20)15-28-16-23(26(30)22-10-5-6-11-24(22)28)25(29)19-13-12-17(2)18(3)14-19/h4-14,16H,1,15H2,2-3H3. The second-order valence-electron chi connectivity index (χ2n) is 7.40. The van der Waals surface area contributed by atoms with E-state index in [1.54, 1.807) is 24.4 Å². The van der Waals surface area contributed by atoms with Gasteiger partial charge in [-0.25, -0.2) is 0 Å². The summed E-state index contributed by atoms with van der Waals surface area (Å²) in [5, 5.41) is 0.520. The van der Waals surface area contributed by atoms with Crippen LogP contribution in [0.4, 0.5) is 0 Å². The van der Waals surface area contributed by atoms with E-state index in [1.807, 2.05) is 66.9 Å². The maximum atomic E-state index is 13.2. The zero-order valence-electron chi connectivity index (χ0n) is 17.1. The van der Waals surface area contributed by atoms with E-state index in [1.165, 1.54) is 0 Å². The van der Waals surface area contributed by atoms with E-state index in [0.29, 0.717) is 17.5 Å². The number of hydrogen-bond donors (Lipinski definition) is 0. The number of carbonyl (C=O) groups excluding carboxylic acids is 1. The SMILES string of the molecule is C=Cc1cccc(Cn2cc(C(=O)c3ccc(C)c(C)c3)c(=O)c3ccccc32)n1. The lowest BCUT2D eigenvalue weighted by Crippen LogP contribution is -2.20. The van der Waals surface area contributed by atoms with Crippen molar-refractivity contribution in [3.05, 3.63) is 117 Å². The summed E-state index contributed by atoms with van der Waals surface area (Å²) < 4.78 is 1.92. The lowest BCUT2D eigenvalue weighted by Gasteiger charge is -2.13. The molecule has 0 aliphatic rings. The van der Waals surface area contributed by atoms with Gasteiger partial charge in [0.2, 0.25) is 5.43 Å². The summed E-state index contributed by atoms with van der Waals surface area (Å²) in [6.07, 6.45) is 3.35. The van der Waals surface area contributed by atoms with Crippen LogP contribution in [-0.2, 0) is 6.54 Å². The van der Waals surface area contributed by atoms with Gasteiger partial charge in [0.25, 0.3) is 0 Å². The summed E-state index contributed by atoms with van der Waals surface area (Å²) in [5.41, 5.74) is 4.93. The van der Waals surface area contributed by atoms with Crippen LogP contribution in [-0.4, -0.2) is 15.3 Å². The molecule has 0 saturated heterocycles. The molecule has 4 heteroatoms. The molecule has 0 atom stereocenters. The minimum Gasteiger partial charge on any atom is -0.340 e. The lowest BCUT2D eigenvalue weighted by molar-refractivity contribution is 0.103. The fraction of sp³-hybridized carbons (Fsp3) is 0.115. The Morgan fingerprint density at radius 1 is 1.03 bits per heavy atom. The Balaban J connectivity index is 1.87. The molecule has 30 heavy (non-hydrogen) atoms. The van der Waals surface area contributed by atoms with Gasteiger partial charge in [-0.2, -0.15) is 0 Å². The topological polar surface area (TPSA) is 52.0 Å². The molecule has 0 radical (unpaired) electrons. The zero-order chi connectivity index (χ0) is 21.3. The average molecular weight is 394 g/mol. The summed E-state index contributed by atoms with van der Waals surface area (Å²) in [6.45, 7) is 8.17. The number of benzene rings is 2. The Hall–Kier alpha value is -3.79. The van der Waals surface area contributed by atoms with E-state index >= 15 is 0 Å². The molecule has 0 N–H and O–H groups in total. The van der Waals surface area contributed by atoms with Gasteiger partial charge < -0.3 is 4.57 Å². The van der Waals surface area contributed by atoms with Gasteiger partial charge >= 0.3 is 0 Å². The van der Waals surface area contributed by atoms with Crippen LogP contribution in [0.15, 0.2) is 78.2 Å². The third-order valence-corrected chi connectivity index (χ3v) is 5.37. The van der Waals surface area contributed by atoms with Crippen molar-refractivity contribution < 1.29 is 4.79 Å². The number of ketones is 1. The number of para-hydroxylation sites is 1. The van der Waals surface area contributed by atoms with Crippen molar-refractivity contribution in [3.63, 3.8) is 0 Å². The van der Waals surface area contributed by atoms with Crippen molar-refractivity contribution in [1.29, 1.82) is 0 Å². The highest BCUT2D eigenvalue weighted by atomic mass is 16.1. The Morgan fingerprint density at radius 2 is 1.83 bits per heavy atom. The van der Waals surface area contributed by atoms with Gasteiger partial charge in [0.05, 0.1) is 29.0 Å². The number of nitrogens with zero attached hydrogens (tertiary/aromatic N) is 2. The van der Waals surface area contributed by atoms with Crippen molar-refractivity contribution in [3.8, 4) is 0 Å². The largest absolute Gasteiger partial charge is 0.340 e. The second kappa shape index (κ2) is 7.91. The predicted molar refractivity (Wildman–Crippen MR) is 121 cm³/mol. The molecule has 0 fully saturated rings. The highest BCUT2D eigenvalue weighted by molar-refractivity contribution is 6.10. The zero-order valence-corrected chi connectivity index (χ0v) is 17.1. The Labute approximate surface area is 175 Å². The van der Waals surface area contributed by atoms with Crippen LogP contribution in [0.5, 0.6) is 0 Å². The van der Waals surface area contributed by atoms with Crippen molar-refractivity contribution in [1.82, 2.24) is 9.55 Å². The van der Waals surface area contributed by atoms with Crippen LogP contribution in [0.2, 0.25) is 0 Å². The molecule has 0 aliphatic heterocycles. The lowest BCUT2D eigenvalue weighted by atomic mass is 9.99. The summed E-state index contributed by atoms with van der Waals surface area (Å²) in [4.78, 5) is 30.9. The molecule has 0 spiro atoms. The van der Waals surface area contributed by atoms with Crippen LogP contribution in [0.3, 0.4) is 0 Å². The number of fused-ring (bicyclic) bond motifs is 1. The minimum absolute atomic E-state index is 0.164. The fourth-order valence-corrected chi connectivity index (χ4v) is 3.55. The molecule has 4 nitrogen and oxygen atoms in total. The quantitative estimate of drug-likeness (QED) is 0.451. The third kappa shape index (κ3) is 3.60. The molecule has 0 unspecified atom stereocenters. The molecule has 0 amide bonds. The third-order valence-electron chi connectivity index (χ3n) is 5.37. The summed E-state index contributed by atoms with van der Waals surface area (Å²) in [5.74, 6) is -0.268. The first-order chi connectivity index (χ1) is 14.5. The molecule has 148 valence electrons. The summed E-state index contributed by atoms with van der Waals surface area (Å²) >= 11 is 0. The number of aryl methyl sites for hydroxylation is 2. The van der Waals surface area contributed by atoms with E-state index in [4.69, 9.17) is 0 Å². The fourth-order valence-electron chi connectivity index (χ4n) is 3.55. The molecule has 4 aromatic rings. The van der Waals surface area contributed by atoms with Crippen LogP contribution in [0.25, 0.3) is 17.0 Å². The first kappa shape index (κ1) is 19.5. The van der Waals surface area contributed by atoms with Gasteiger partial charge in [-0.15, -0.1) is 0 Å². The van der Waals surface area contributed by atoms with Gasteiger partial charge in [-0.1, -0.05) is 36.9 Å². The van der Waals surface area contributed by atoms with Gasteiger partial charge in [0.1, 0.15) is 0 Å². The number of hydrogen-bond acceptors (Lipinski definition) is 3. The van der Waals surface area contributed by atoms with Crippen LogP contribution in [0.1, 0.15) is 38.4 Å². The minimum atomic E-state index is -0.268. The summed E-state index contributed by atoms with van der Waals surface area (Å²) in [6, 6.07) is 18.6. The molecule has 2 aromatic carbocycles. The first-order valence-electron chi connectivity index (χ1n) is 9.80. The van der Waals surface area contributed by atoms with Crippen molar-refractivity contribution in [2.75, 3.05) is 0 Å². The molecular formula is C26H22N2O2. The number of pyridine rings is 2. The smallest absolute Gasteiger partial charge is 0.200 e. The van der Waals surface area contributed by atoms with Gasteiger partial charge in [-0.3, -0.25) is 14.6 Å². The van der Waals surface area contributed by atoms with Crippen LogP contribution < -0.4 is 5.43 Å². The molecule has 0 aliphatic carbocycles. The molecular weight excluding hydrogens is 372 g/mol. The molecule has 0 saturated carbocycles. The van der Waals surface area contributed by atoms with E-state index in [9.17, 15) is 9.59 Å². The monoisotopic (exact) mass is 394 g/mol. The Bertz CT molecular complexity index is 1350. The molecule has 0 bridgehead atoms. The van der Waals surface area contributed by atoms with E-state index in [-0.39, 0.29) is 16.8 Å². The molecule has 2 heterocycles. The Morgan fingerprint density at radius 3 is 2.60 bits per heavy atom. The predicted octanol–water partition coefficient (Wildman–Crippen LogP) is 4.94. The number of aromatic nitrogens is 2. The van der Waals surface area contributed by atoms with Gasteiger partial charge in [-0.05, 0) is 61.4 Å². The van der Waals surface area contributed by atoms with Crippen LogP contribution in [0, 0.1) is 13.8 Å². The van der Waals surface area contributed by atoms with Crippen molar-refractivity contribution >= 4 is 22.8 Å². The van der Waals surface area contributed by atoms with Gasteiger partial charge in [0, 0.05) is 17.1 Å². The Kier molecular flexibility index (Phi) is 5.15. The number of carbonyl (C=O) groups is 1. The normalized spacial score (nSPS) is 10.9. The van der Waals surface area contributed by atoms with Gasteiger partial charge in [0.15, 0.2) is 5.78 Å². The highest BCUT2D eigenvalue weighted by Gasteiger charge is 2.18. The maximum Gasteiger partial charge on any atom is 0.200 e.